The molecule has 1 amide bonds. The minimum absolute atomic E-state index is 0.417. The van der Waals surface area contributed by atoms with E-state index in [1.165, 1.54) is 5.56 Å². The van der Waals surface area contributed by atoms with Crippen molar-refractivity contribution in [2.24, 2.45) is 0 Å². The number of rotatable bonds is 8. The van der Waals surface area contributed by atoms with Gasteiger partial charge in [0.1, 0.15) is 11.5 Å². The molecular weight excluding hydrogens is 360 g/mol. The van der Waals surface area contributed by atoms with E-state index in [-0.39, 0.29) is 0 Å². The maximum absolute atomic E-state index is 11.3. The van der Waals surface area contributed by atoms with Crippen LogP contribution in [0.3, 0.4) is 0 Å². The zero-order chi connectivity index (χ0) is 19.9. The molecule has 0 fully saturated rings. The summed E-state index contributed by atoms with van der Waals surface area (Å²) in [6, 6.07) is 15.0. The molecule has 0 atom stereocenters. The third-order valence-electron chi connectivity index (χ3n) is 4.13. The molecule has 28 heavy (non-hydrogen) atoms. The topological polar surface area (TPSA) is 93.8 Å². The first-order chi connectivity index (χ1) is 13.5. The highest BCUT2D eigenvalue weighted by Crippen LogP contribution is 2.23. The standard InChI is InChI=1S/C21H22N2O5/c1-14-3-5-16(6-4-14)21-23-19(15(2)28-21)11-12-26-18-9-7-17(8-10-18)22-20(24)13-27-25/h3-10,25H,11-13H2,1-2H3,(H,22,24). The SMILES string of the molecule is Cc1ccc(-c2nc(CCOc3ccc(NC(=O)COO)cc3)c(C)o2)cc1. The van der Waals surface area contributed by atoms with Gasteiger partial charge >= 0.3 is 0 Å². The minimum Gasteiger partial charge on any atom is -0.493 e. The summed E-state index contributed by atoms with van der Waals surface area (Å²) in [5.41, 5.74) is 3.59. The molecule has 0 radical (unpaired) electrons. The average molecular weight is 382 g/mol. The summed E-state index contributed by atoms with van der Waals surface area (Å²) < 4.78 is 11.5. The molecule has 0 aliphatic carbocycles. The highest BCUT2D eigenvalue weighted by Gasteiger charge is 2.11. The number of carbonyl (C=O) groups excluding carboxylic acids is 1. The molecule has 0 saturated carbocycles. The van der Waals surface area contributed by atoms with E-state index in [4.69, 9.17) is 14.4 Å². The summed E-state index contributed by atoms with van der Waals surface area (Å²) in [6.45, 7) is 3.97. The van der Waals surface area contributed by atoms with E-state index in [1.807, 2.05) is 38.1 Å². The van der Waals surface area contributed by atoms with Crippen LogP contribution in [-0.4, -0.2) is 29.4 Å². The number of aromatic nitrogens is 1. The summed E-state index contributed by atoms with van der Waals surface area (Å²) >= 11 is 0. The van der Waals surface area contributed by atoms with Crippen molar-refractivity contribution in [1.82, 2.24) is 4.98 Å². The fourth-order valence-electron chi connectivity index (χ4n) is 2.64. The predicted molar refractivity (Wildman–Crippen MR) is 104 cm³/mol. The van der Waals surface area contributed by atoms with Gasteiger partial charge in [0.05, 0.1) is 12.3 Å². The Balaban J connectivity index is 1.53. The first-order valence-corrected chi connectivity index (χ1v) is 8.87. The van der Waals surface area contributed by atoms with Crippen LogP contribution in [0.1, 0.15) is 17.0 Å². The Labute approximate surface area is 162 Å². The van der Waals surface area contributed by atoms with Crippen LogP contribution >= 0.6 is 0 Å². The lowest BCUT2D eigenvalue weighted by Gasteiger charge is -2.07. The quantitative estimate of drug-likeness (QED) is 0.452. The highest BCUT2D eigenvalue weighted by atomic mass is 17.1. The fourth-order valence-corrected chi connectivity index (χ4v) is 2.64. The van der Waals surface area contributed by atoms with Gasteiger partial charge in [0.25, 0.3) is 5.91 Å². The summed E-state index contributed by atoms with van der Waals surface area (Å²) in [5.74, 6) is 1.63. The molecule has 0 unspecified atom stereocenters. The van der Waals surface area contributed by atoms with Crippen molar-refractivity contribution < 1.29 is 24.1 Å². The molecule has 3 rings (SSSR count). The fraction of sp³-hybridized carbons (Fsp3) is 0.238. The number of nitrogens with one attached hydrogen (secondary N) is 1. The molecule has 7 heteroatoms. The lowest BCUT2D eigenvalue weighted by Crippen LogP contribution is -2.17. The van der Waals surface area contributed by atoms with Crippen LogP contribution in [0.5, 0.6) is 5.75 Å². The first kappa shape index (κ1) is 19.6. The van der Waals surface area contributed by atoms with Crippen LogP contribution in [0.4, 0.5) is 5.69 Å². The number of nitrogens with zero attached hydrogens (tertiary/aromatic N) is 1. The summed E-state index contributed by atoms with van der Waals surface area (Å²) in [5, 5.41) is 10.8. The summed E-state index contributed by atoms with van der Waals surface area (Å²) in [7, 11) is 0. The Hall–Kier alpha value is -3.16. The second kappa shape index (κ2) is 9.16. The molecule has 0 bridgehead atoms. The van der Waals surface area contributed by atoms with E-state index in [2.05, 4.69) is 15.2 Å². The lowest BCUT2D eigenvalue weighted by molar-refractivity contribution is -0.237. The van der Waals surface area contributed by atoms with E-state index in [1.54, 1.807) is 24.3 Å². The molecule has 2 N–H and O–H groups in total. The van der Waals surface area contributed by atoms with Crippen LogP contribution in [0.25, 0.3) is 11.5 Å². The van der Waals surface area contributed by atoms with E-state index < -0.39 is 12.5 Å². The van der Waals surface area contributed by atoms with E-state index in [0.717, 1.165) is 17.0 Å². The molecule has 146 valence electrons. The second-order valence-electron chi connectivity index (χ2n) is 6.33. The first-order valence-electron chi connectivity index (χ1n) is 8.87. The molecule has 1 heterocycles. The average Bonchev–Trinajstić information content (AvgIpc) is 3.05. The number of amides is 1. The highest BCUT2D eigenvalue weighted by molar-refractivity contribution is 5.91. The maximum Gasteiger partial charge on any atom is 0.253 e. The van der Waals surface area contributed by atoms with Gasteiger partial charge in [-0.1, -0.05) is 17.7 Å². The molecule has 7 nitrogen and oxygen atoms in total. The Morgan fingerprint density at radius 2 is 1.82 bits per heavy atom. The van der Waals surface area contributed by atoms with Gasteiger partial charge in [-0.15, -0.1) is 0 Å². The third kappa shape index (κ3) is 5.18. The smallest absolute Gasteiger partial charge is 0.253 e. The minimum atomic E-state index is -0.443. The normalized spacial score (nSPS) is 10.7. The van der Waals surface area contributed by atoms with Gasteiger partial charge in [-0.05, 0) is 50.2 Å². The van der Waals surface area contributed by atoms with Crippen molar-refractivity contribution in [3.05, 3.63) is 65.5 Å². The van der Waals surface area contributed by atoms with Crippen LogP contribution in [0, 0.1) is 13.8 Å². The number of hydrogen-bond donors (Lipinski definition) is 2. The second-order valence-corrected chi connectivity index (χ2v) is 6.33. The Morgan fingerprint density at radius 1 is 1.11 bits per heavy atom. The number of aryl methyl sites for hydroxylation is 2. The van der Waals surface area contributed by atoms with Gasteiger partial charge in [-0.3, -0.25) is 10.1 Å². The molecule has 0 aliphatic heterocycles. The van der Waals surface area contributed by atoms with Crippen molar-refractivity contribution in [2.75, 3.05) is 18.5 Å². The van der Waals surface area contributed by atoms with Crippen LogP contribution in [0.15, 0.2) is 52.9 Å². The Kier molecular flexibility index (Phi) is 6.41. The molecule has 1 aromatic heterocycles. The zero-order valence-corrected chi connectivity index (χ0v) is 15.8. The van der Waals surface area contributed by atoms with Gasteiger partial charge in [0.2, 0.25) is 5.89 Å². The molecule has 2 aromatic carbocycles. The number of anilines is 1. The third-order valence-corrected chi connectivity index (χ3v) is 4.13. The Morgan fingerprint density at radius 3 is 2.50 bits per heavy atom. The van der Waals surface area contributed by atoms with Crippen molar-refractivity contribution in [3.8, 4) is 17.2 Å². The molecular formula is C21H22N2O5. The number of hydrogen-bond acceptors (Lipinski definition) is 6. The van der Waals surface area contributed by atoms with Crippen LogP contribution < -0.4 is 10.1 Å². The van der Waals surface area contributed by atoms with Gasteiger partial charge in [0, 0.05) is 17.7 Å². The molecule has 0 spiro atoms. The van der Waals surface area contributed by atoms with Crippen molar-refractivity contribution in [2.45, 2.75) is 20.3 Å². The van der Waals surface area contributed by atoms with E-state index in [9.17, 15) is 4.79 Å². The molecule has 0 saturated heterocycles. The Bertz CT molecular complexity index is 917. The largest absolute Gasteiger partial charge is 0.493 e. The molecule has 3 aromatic rings. The number of oxazole rings is 1. The van der Waals surface area contributed by atoms with Crippen molar-refractivity contribution in [1.29, 1.82) is 0 Å². The van der Waals surface area contributed by atoms with Gasteiger partial charge < -0.3 is 14.5 Å². The number of benzene rings is 2. The lowest BCUT2D eigenvalue weighted by atomic mass is 10.1. The van der Waals surface area contributed by atoms with E-state index >= 15 is 0 Å². The number of ether oxygens (including phenoxy) is 1. The maximum atomic E-state index is 11.3. The van der Waals surface area contributed by atoms with E-state index in [0.29, 0.717) is 30.4 Å². The predicted octanol–water partition coefficient (Wildman–Crippen LogP) is 4.01. The van der Waals surface area contributed by atoms with Gasteiger partial charge in [-0.2, -0.15) is 0 Å². The molecule has 0 aliphatic rings. The van der Waals surface area contributed by atoms with Gasteiger partial charge in [-0.25, -0.2) is 9.87 Å². The summed E-state index contributed by atoms with van der Waals surface area (Å²) in [4.78, 5) is 19.7. The summed E-state index contributed by atoms with van der Waals surface area (Å²) in [6.07, 6.45) is 0.619. The van der Waals surface area contributed by atoms with Crippen molar-refractivity contribution >= 4 is 11.6 Å². The van der Waals surface area contributed by atoms with Gasteiger partial charge in [0.15, 0.2) is 6.61 Å². The van der Waals surface area contributed by atoms with Crippen molar-refractivity contribution in [3.63, 3.8) is 0 Å². The van der Waals surface area contributed by atoms with Crippen LogP contribution in [-0.2, 0) is 16.1 Å². The monoisotopic (exact) mass is 382 g/mol. The number of carbonyl (C=O) groups is 1. The zero-order valence-electron chi connectivity index (χ0n) is 15.8. The van der Waals surface area contributed by atoms with Crippen LogP contribution in [0.2, 0.25) is 0 Å².